The minimum absolute atomic E-state index is 0.189. The molecule has 3 aromatic heterocycles. The smallest absolute Gasteiger partial charge is 0.182 e. The van der Waals surface area contributed by atoms with E-state index in [-0.39, 0.29) is 5.41 Å². The molecular formula is C31H36FN7. The molecule has 8 heteroatoms. The van der Waals surface area contributed by atoms with Crippen LogP contribution in [0.15, 0.2) is 49.1 Å². The molecule has 5 fully saturated rings. The summed E-state index contributed by atoms with van der Waals surface area (Å²) in [6.07, 6.45) is 13.3. The molecule has 4 aromatic rings. The van der Waals surface area contributed by atoms with Crippen molar-refractivity contribution in [2.75, 3.05) is 18.0 Å². The molecule has 9 rings (SSSR count). The van der Waals surface area contributed by atoms with Gasteiger partial charge in [0.05, 0.1) is 18.4 Å². The van der Waals surface area contributed by atoms with E-state index in [0.29, 0.717) is 23.8 Å². The van der Waals surface area contributed by atoms with Gasteiger partial charge in [0.2, 0.25) is 0 Å². The summed E-state index contributed by atoms with van der Waals surface area (Å²) >= 11 is 0. The zero-order chi connectivity index (χ0) is 26.2. The first-order valence-electron chi connectivity index (χ1n) is 14.5. The molecule has 4 heterocycles. The fourth-order valence-electron chi connectivity index (χ4n) is 7.43. The molecule has 2 bridgehead atoms. The number of alkyl halides is 1. The molecule has 1 aromatic carbocycles. The van der Waals surface area contributed by atoms with E-state index in [9.17, 15) is 4.39 Å². The summed E-state index contributed by atoms with van der Waals surface area (Å²) in [4.78, 5) is 15.1. The zero-order valence-electron chi connectivity index (χ0n) is 22.6. The van der Waals surface area contributed by atoms with Crippen molar-refractivity contribution in [3.63, 3.8) is 0 Å². The van der Waals surface area contributed by atoms with E-state index < -0.39 is 5.67 Å². The topological polar surface area (TPSA) is 74.7 Å². The Balaban J connectivity index is 0.920. The molecule has 7 nitrogen and oxygen atoms in total. The van der Waals surface area contributed by atoms with Crippen LogP contribution in [0.25, 0.3) is 22.3 Å². The average molecular weight is 526 g/mol. The third-order valence-electron chi connectivity index (χ3n) is 10.3. The number of piperidine rings is 1. The molecule has 1 spiro atoms. The van der Waals surface area contributed by atoms with Gasteiger partial charge in [-0.05, 0) is 91.8 Å². The van der Waals surface area contributed by atoms with Gasteiger partial charge in [-0.15, -0.1) is 0 Å². The van der Waals surface area contributed by atoms with Crippen LogP contribution in [0.3, 0.4) is 0 Å². The van der Waals surface area contributed by atoms with Gasteiger partial charge in [-0.25, -0.2) is 14.1 Å². The number of hydrogen-bond acceptors (Lipinski definition) is 5. The number of pyridine rings is 1. The fourth-order valence-corrected chi connectivity index (χ4v) is 7.43. The maximum Gasteiger partial charge on any atom is 0.182 e. The molecule has 39 heavy (non-hydrogen) atoms. The third-order valence-corrected chi connectivity index (χ3v) is 10.3. The molecule has 0 radical (unpaired) electrons. The number of hydrogen-bond donors (Lipinski definition) is 2. The van der Waals surface area contributed by atoms with Crippen LogP contribution in [0.4, 0.5) is 10.1 Å². The molecule has 4 saturated carbocycles. The predicted octanol–water partition coefficient (Wildman–Crippen LogP) is 5.62. The maximum atomic E-state index is 13.9. The summed E-state index contributed by atoms with van der Waals surface area (Å²) < 4.78 is 15.8. The first-order chi connectivity index (χ1) is 18.9. The number of aromatic nitrogens is 5. The van der Waals surface area contributed by atoms with E-state index in [1.165, 1.54) is 42.3 Å². The molecule has 1 saturated heterocycles. The minimum atomic E-state index is -0.841. The van der Waals surface area contributed by atoms with Crippen LogP contribution in [0.5, 0.6) is 0 Å². The Labute approximate surface area is 228 Å². The van der Waals surface area contributed by atoms with Crippen LogP contribution >= 0.6 is 0 Å². The van der Waals surface area contributed by atoms with Gasteiger partial charge in [0.1, 0.15) is 12.0 Å². The SMILES string of the molecule is CC(NCc1cc2ccc(Cn3cnc(-c4cncc(N5CCC6(CC5)CC6)c4)n3)cc2[nH]1)C12CC(F)(C1)C2. The number of benzene rings is 1. The number of halogens is 1. The number of fused-ring (bicyclic) bond motifs is 1. The second-order valence-electron chi connectivity index (χ2n) is 13.0. The summed E-state index contributed by atoms with van der Waals surface area (Å²) in [5.74, 6) is 0.714. The number of rotatable bonds is 8. The highest BCUT2D eigenvalue weighted by molar-refractivity contribution is 5.81. The highest BCUT2D eigenvalue weighted by atomic mass is 19.1. The molecule has 1 atom stereocenters. The number of anilines is 1. The number of nitrogens with zero attached hydrogens (tertiary/aromatic N) is 5. The highest BCUT2D eigenvalue weighted by Crippen LogP contribution is 2.70. The third kappa shape index (κ3) is 4.15. The van der Waals surface area contributed by atoms with Crippen molar-refractivity contribution in [3.05, 3.63) is 60.3 Å². The maximum absolute atomic E-state index is 13.9. The van der Waals surface area contributed by atoms with Gasteiger partial charge in [0.15, 0.2) is 5.82 Å². The van der Waals surface area contributed by atoms with Gasteiger partial charge < -0.3 is 15.2 Å². The lowest BCUT2D eigenvalue weighted by Crippen LogP contribution is -2.70. The van der Waals surface area contributed by atoms with Crippen molar-refractivity contribution >= 4 is 16.6 Å². The largest absolute Gasteiger partial charge is 0.370 e. The molecule has 2 N–H and O–H groups in total. The number of aromatic amines is 1. The van der Waals surface area contributed by atoms with Gasteiger partial charge in [-0.2, -0.15) is 5.10 Å². The van der Waals surface area contributed by atoms with Crippen LogP contribution < -0.4 is 10.2 Å². The number of H-pyrrole nitrogens is 1. The van der Waals surface area contributed by atoms with Gasteiger partial charge in [0, 0.05) is 48.6 Å². The van der Waals surface area contributed by atoms with Crippen LogP contribution in [0.1, 0.15) is 63.1 Å². The Bertz CT molecular complexity index is 1520. The van der Waals surface area contributed by atoms with Gasteiger partial charge in [0.25, 0.3) is 0 Å². The summed E-state index contributed by atoms with van der Waals surface area (Å²) in [6, 6.07) is 11.2. The molecule has 1 unspecified atom stereocenters. The van der Waals surface area contributed by atoms with Crippen molar-refractivity contribution < 1.29 is 4.39 Å². The van der Waals surface area contributed by atoms with Crippen molar-refractivity contribution in [1.29, 1.82) is 0 Å². The van der Waals surface area contributed by atoms with Crippen LogP contribution in [-0.4, -0.2) is 49.5 Å². The van der Waals surface area contributed by atoms with E-state index in [2.05, 4.69) is 62.4 Å². The first kappa shape index (κ1) is 23.6. The molecule has 5 aliphatic rings. The standard InChI is InChI=1S/C31H36FN7/c1-21(30-17-31(32,18-30)19-30)34-14-25-11-23-3-2-22(10-27(23)36-25)16-39-20-35-28(37-39)24-12-26(15-33-13-24)38-8-6-29(4-5-29)7-9-38/h2-3,10-13,15,20-21,34,36H,4-9,14,16-19H2,1H3. The zero-order valence-corrected chi connectivity index (χ0v) is 22.6. The molecular weight excluding hydrogens is 489 g/mol. The second-order valence-corrected chi connectivity index (χ2v) is 13.0. The summed E-state index contributed by atoms with van der Waals surface area (Å²) in [5.41, 5.74) is 5.60. The Morgan fingerprint density at radius 3 is 2.64 bits per heavy atom. The minimum Gasteiger partial charge on any atom is -0.370 e. The van der Waals surface area contributed by atoms with E-state index >= 15 is 0 Å². The molecule has 1 aliphatic heterocycles. The van der Waals surface area contributed by atoms with Crippen molar-refractivity contribution in [2.24, 2.45) is 10.8 Å². The Morgan fingerprint density at radius 1 is 1.05 bits per heavy atom. The quantitative estimate of drug-likeness (QED) is 0.312. The van der Waals surface area contributed by atoms with Crippen LogP contribution in [0.2, 0.25) is 0 Å². The molecule has 202 valence electrons. The Kier molecular flexibility index (Phi) is 5.07. The van der Waals surface area contributed by atoms with E-state index in [1.807, 2.05) is 23.4 Å². The van der Waals surface area contributed by atoms with Gasteiger partial charge in [-0.1, -0.05) is 12.1 Å². The fraction of sp³-hybridized carbons (Fsp3) is 0.516. The van der Waals surface area contributed by atoms with E-state index in [0.717, 1.165) is 55.7 Å². The lowest BCUT2D eigenvalue weighted by molar-refractivity contribution is -0.226. The van der Waals surface area contributed by atoms with Crippen molar-refractivity contribution in [1.82, 2.24) is 30.0 Å². The van der Waals surface area contributed by atoms with Crippen LogP contribution in [0, 0.1) is 10.8 Å². The average Bonchev–Trinajstić information content (AvgIpc) is 3.31. The normalized spacial score (nSPS) is 27.4. The van der Waals surface area contributed by atoms with Crippen molar-refractivity contribution in [3.8, 4) is 11.4 Å². The van der Waals surface area contributed by atoms with Gasteiger partial charge >= 0.3 is 0 Å². The lowest BCUT2D eigenvalue weighted by Gasteiger charge is -2.68. The van der Waals surface area contributed by atoms with Gasteiger partial charge in [-0.3, -0.25) is 4.98 Å². The van der Waals surface area contributed by atoms with E-state index in [1.54, 1.807) is 0 Å². The molecule has 0 amide bonds. The summed E-state index contributed by atoms with van der Waals surface area (Å²) in [7, 11) is 0. The summed E-state index contributed by atoms with van der Waals surface area (Å²) in [5, 5.41) is 9.61. The monoisotopic (exact) mass is 525 g/mol. The lowest BCUT2D eigenvalue weighted by atomic mass is 9.40. The Morgan fingerprint density at radius 2 is 1.87 bits per heavy atom. The summed E-state index contributed by atoms with van der Waals surface area (Å²) in [6.45, 7) is 5.86. The highest BCUT2D eigenvalue weighted by Gasteiger charge is 2.70. The Hall–Kier alpha value is -3.26. The first-order valence-corrected chi connectivity index (χ1v) is 14.5. The molecule has 4 aliphatic carbocycles. The van der Waals surface area contributed by atoms with E-state index in [4.69, 9.17) is 5.10 Å². The predicted molar refractivity (Wildman–Crippen MR) is 150 cm³/mol. The second kappa shape index (κ2) is 8.37. The number of nitrogens with one attached hydrogen (secondary N) is 2. The van der Waals surface area contributed by atoms with Crippen molar-refractivity contribution in [2.45, 2.75) is 76.7 Å². The van der Waals surface area contributed by atoms with Crippen LogP contribution in [-0.2, 0) is 13.1 Å².